The molecule has 2 nitrogen and oxygen atoms in total. The van der Waals surface area contributed by atoms with Crippen molar-refractivity contribution in [2.24, 2.45) is 0 Å². The molecule has 2 aliphatic rings. The Morgan fingerprint density at radius 1 is 0.211 bits per heavy atom. The fraction of sp³-hybridized carbons (Fsp3) is 0.0682. The highest BCUT2D eigenvalue weighted by atomic mass is 15.1. The summed E-state index contributed by atoms with van der Waals surface area (Å²) in [5, 5.41) is 14.8. The van der Waals surface area contributed by atoms with Crippen molar-refractivity contribution in [2.75, 3.05) is 9.80 Å². The lowest BCUT2D eigenvalue weighted by molar-refractivity contribution is 0.660. The molecule has 0 unspecified atom stereocenters. The lowest BCUT2D eigenvalue weighted by Gasteiger charge is -2.28. The first-order chi connectivity index (χ1) is 44.0. The zero-order valence-electron chi connectivity index (χ0n) is 50.9. The molecule has 0 fully saturated rings. The number of hydrogen-bond donors (Lipinski definition) is 0. The van der Waals surface area contributed by atoms with Gasteiger partial charge in [-0.1, -0.05) is 258 Å². The first-order valence-corrected chi connectivity index (χ1v) is 31.5. The van der Waals surface area contributed by atoms with E-state index in [1.54, 1.807) is 0 Å². The molecule has 0 saturated carbocycles. The molecule has 17 rings (SSSR count). The van der Waals surface area contributed by atoms with Gasteiger partial charge in [-0.15, -0.1) is 0 Å². The van der Waals surface area contributed by atoms with Crippen LogP contribution in [0.25, 0.3) is 111 Å². The smallest absolute Gasteiger partial charge is 0.0468 e. The Morgan fingerprint density at radius 2 is 0.456 bits per heavy atom. The maximum atomic E-state index is 2.43. The van der Waals surface area contributed by atoms with Crippen molar-refractivity contribution in [3.8, 4) is 22.3 Å². The minimum Gasteiger partial charge on any atom is -0.310 e. The van der Waals surface area contributed by atoms with Crippen molar-refractivity contribution in [3.63, 3.8) is 0 Å². The monoisotopic (exact) mass is 1150 g/mol. The largest absolute Gasteiger partial charge is 0.310 e. The Hall–Kier alpha value is -11.1. The topological polar surface area (TPSA) is 6.48 Å². The van der Waals surface area contributed by atoms with Crippen LogP contribution in [0.15, 0.2) is 291 Å². The summed E-state index contributed by atoms with van der Waals surface area (Å²) < 4.78 is 0. The molecule has 2 heteroatoms. The molecule has 0 radical (unpaired) electrons. The van der Waals surface area contributed by atoms with Crippen molar-refractivity contribution in [3.05, 3.63) is 336 Å². The second kappa shape index (κ2) is 20.8. The van der Waals surface area contributed by atoms with E-state index in [1.807, 2.05) is 0 Å². The van der Waals surface area contributed by atoms with E-state index < -0.39 is 0 Å². The van der Waals surface area contributed by atoms with Crippen LogP contribution in [-0.2, 0) is 10.8 Å². The SMILES string of the molecule is CC1(C)c2cc(C=Cc3ccc4c(ccc5cc(C=Cc6ccc7c(c6)C(C)(C)c6cc(N(c8ccc9ccccc9c8)c8ccc9ccccc9c8)ccc6-7)ccc54)c3)ccc2-c2ccc(N(c3ccc4ccccc4c3)c3ccc4ccccc4c3)cc21. The van der Waals surface area contributed by atoms with Crippen LogP contribution in [0.3, 0.4) is 0 Å². The van der Waals surface area contributed by atoms with Crippen molar-refractivity contribution >= 4 is 123 Å². The van der Waals surface area contributed by atoms with Crippen molar-refractivity contribution in [1.29, 1.82) is 0 Å². The first-order valence-electron chi connectivity index (χ1n) is 31.5. The van der Waals surface area contributed by atoms with Gasteiger partial charge in [0.1, 0.15) is 0 Å². The molecule has 0 spiro atoms. The zero-order chi connectivity index (χ0) is 60.2. The minimum atomic E-state index is -0.204. The second-order valence-electron chi connectivity index (χ2n) is 25.8. The number of nitrogens with zero attached hydrogens (tertiary/aromatic N) is 2. The molecule has 0 heterocycles. The van der Waals surface area contributed by atoms with Gasteiger partial charge >= 0.3 is 0 Å². The van der Waals surface area contributed by atoms with Crippen LogP contribution in [0.2, 0.25) is 0 Å². The van der Waals surface area contributed by atoms with Gasteiger partial charge in [-0.05, 0) is 216 Å². The van der Waals surface area contributed by atoms with Gasteiger partial charge in [-0.25, -0.2) is 0 Å². The van der Waals surface area contributed by atoms with Crippen molar-refractivity contribution in [2.45, 2.75) is 38.5 Å². The third-order valence-corrected chi connectivity index (χ3v) is 19.7. The Bertz CT molecular complexity index is 5020. The highest BCUT2D eigenvalue weighted by molar-refractivity contribution is 6.09. The van der Waals surface area contributed by atoms with E-state index in [0.717, 1.165) is 34.1 Å². The summed E-state index contributed by atoms with van der Waals surface area (Å²) in [5.74, 6) is 0. The van der Waals surface area contributed by atoms with Gasteiger partial charge in [0.25, 0.3) is 0 Å². The molecule has 90 heavy (non-hydrogen) atoms. The molecule has 0 amide bonds. The zero-order valence-corrected chi connectivity index (χ0v) is 50.9. The predicted octanol–water partition coefficient (Wildman–Crippen LogP) is 24.5. The van der Waals surface area contributed by atoms with E-state index >= 15 is 0 Å². The van der Waals surface area contributed by atoms with E-state index in [2.05, 4.69) is 353 Å². The second-order valence-corrected chi connectivity index (χ2v) is 25.8. The summed E-state index contributed by atoms with van der Waals surface area (Å²) in [6.07, 6.45) is 9.08. The van der Waals surface area contributed by atoms with Gasteiger partial charge in [-0.3, -0.25) is 0 Å². The molecule has 0 N–H and O–H groups in total. The molecule has 0 aliphatic heterocycles. The van der Waals surface area contributed by atoms with Gasteiger partial charge in [0, 0.05) is 45.0 Å². The normalized spacial score (nSPS) is 13.6. The summed E-state index contributed by atoms with van der Waals surface area (Å²) in [6.45, 7) is 9.54. The summed E-state index contributed by atoms with van der Waals surface area (Å²) >= 11 is 0. The van der Waals surface area contributed by atoms with Crippen LogP contribution < -0.4 is 9.80 Å². The fourth-order valence-corrected chi connectivity index (χ4v) is 14.8. The standard InChI is InChI=1S/C88H64N2/c1-87(2)83-49-59(27-43-79(83)81-45-39-75(55-85(81)87)89(71-35-31-61-13-5-9-17-65(61)51-71)72-36-32-62-14-6-10-18-66(62)52-72)23-21-57-25-41-77-69(47-57)29-30-70-48-58(26-42-78(70)77)22-24-60-28-44-80-82-46-40-76(56-86(82)88(3,4)84(80)50-60)90(73-37-33-63-15-7-11-19-67(63)53-73)74-38-34-64-16-8-12-20-68(64)54-74/h5-56H,1-4H3. The van der Waals surface area contributed by atoms with Crippen molar-refractivity contribution < 1.29 is 0 Å². The maximum Gasteiger partial charge on any atom is 0.0468 e. The molecule has 0 saturated heterocycles. The molecule has 0 atom stereocenters. The average Bonchev–Trinajstić information content (AvgIpc) is 1.59. The summed E-state index contributed by atoms with van der Waals surface area (Å²) in [5.41, 5.74) is 21.8. The summed E-state index contributed by atoms with van der Waals surface area (Å²) in [6, 6.07) is 108. The Labute approximate surface area is 526 Å². The summed E-state index contributed by atoms with van der Waals surface area (Å²) in [7, 11) is 0. The van der Waals surface area contributed by atoms with Crippen LogP contribution in [-0.4, -0.2) is 0 Å². The van der Waals surface area contributed by atoms with E-state index in [4.69, 9.17) is 0 Å². The molecule has 0 bridgehead atoms. The number of rotatable bonds is 10. The predicted molar refractivity (Wildman–Crippen MR) is 387 cm³/mol. The average molecular weight is 1150 g/mol. The van der Waals surface area contributed by atoms with E-state index in [0.29, 0.717) is 0 Å². The van der Waals surface area contributed by atoms with Gasteiger partial charge in [-0.2, -0.15) is 0 Å². The number of fused-ring (bicyclic) bond motifs is 13. The van der Waals surface area contributed by atoms with Crippen LogP contribution in [0.4, 0.5) is 34.1 Å². The van der Waals surface area contributed by atoms with Gasteiger partial charge in [0.15, 0.2) is 0 Å². The molecule has 15 aromatic carbocycles. The van der Waals surface area contributed by atoms with Crippen LogP contribution in [0.5, 0.6) is 0 Å². The van der Waals surface area contributed by atoms with Crippen LogP contribution >= 0.6 is 0 Å². The molecule has 15 aromatic rings. The molecular weight excluding hydrogens is 1080 g/mol. The highest BCUT2D eigenvalue weighted by Crippen LogP contribution is 2.53. The third kappa shape index (κ3) is 9.01. The Kier molecular flexibility index (Phi) is 12.3. The van der Waals surface area contributed by atoms with E-state index in [1.165, 1.54) is 131 Å². The van der Waals surface area contributed by atoms with Gasteiger partial charge in [0.05, 0.1) is 0 Å². The number of anilines is 6. The molecule has 0 aromatic heterocycles. The first kappa shape index (κ1) is 53.2. The van der Waals surface area contributed by atoms with E-state index in [-0.39, 0.29) is 10.8 Å². The van der Waals surface area contributed by atoms with Crippen molar-refractivity contribution in [1.82, 2.24) is 0 Å². The third-order valence-electron chi connectivity index (χ3n) is 19.7. The number of hydrogen-bond acceptors (Lipinski definition) is 2. The summed E-state index contributed by atoms with van der Waals surface area (Å²) in [4.78, 5) is 4.85. The van der Waals surface area contributed by atoms with Crippen LogP contribution in [0, 0.1) is 0 Å². The molecular formula is C88H64N2. The highest BCUT2D eigenvalue weighted by Gasteiger charge is 2.38. The quantitative estimate of drug-likeness (QED) is 0.0995. The Balaban J connectivity index is 0.613. The molecule has 2 aliphatic carbocycles. The van der Waals surface area contributed by atoms with Gasteiger partial charge < -0.3 is 9.80 Å². The van der Waals surface area contributed by atoms with Crippen LogP contribution in [0.1, 0.15) is 72.2 Å². The number of benzene rings is 15. The van der Waals surface area contributed by atoms with Gasteiger partial charge in [0.2, 0.25) is 0 Å². The fourth-order valence-electron chi connectivity index (χ4n) is 14.8. The Morgan fingerprint density at radius 3 is 0.789 bits per heavy atom. The molecule has 426 valence electrons. The lowest BCUT2D eigenvalue weighted by atomic mass is 9.81. The maximum absolute atomic E-state index is 2.43. The lowest BCUT2D eigenvalue weighted by Crippen LogP contribution is -2.16. The van der Waals surface area contributed by atoms with E-state index in [9.17, 15) is 0 Å². The minimum absolute atomic E-state index is 0.204.